The van der Waals surface area contributed by atoms with Crippen molar-refractivity contribution in [3.63, 3.8) is 0 Å². The van der Waals surface area contributed by atoms with Crippen LogP contribution < -0.4 is 10.6 Å². The zero-order chi connectivity index (χ0) is 21.5. The monoisotopic (exact) mass is 433 g/mol. The Morgan fingerprint density at radius 2 is 1.90 bits per heavy atom. The Hall–Kier alpha value is -3.04. The molecular formula is C21H21F2N3O3S. The summed E-state index contributed by atoms with van der Waals surface area (Å²) in [6.07, 6.45) is 1.57. The number of thiophene rings is 1. The van der Waals surface area contributed by atoms with Crippen molar-refractivity contribution in [3.8, 4) is 0 Å². The normalized spacial score (nSPS) is 10.9. The van der Waals surface area contributed by atoms with E-state index >= 15 is 0 Å². The Morgan fingerprint density at radius 1 is 1.07 bits per heavy atom. The van der Waals surface area contributed by atoms with E-state index in [2.05, 4.69) is 10.6 Å². The van der Waals surface area contributed by atoms with Crippen LogP contribution in [0.4, 0.5) is 14.5 Å². The minimum absolute atomic E-state index is 0.0656. The second kappa shape index (κ2) is 10.1. The topological polar surface area (TPSA) is 74.6 Å². The summed E-state index contributed by atoms with van der Waals surface area (Å²) in [6, 6.07) is 10.7. The van der Waals surface area contributed by atoms with E-state index in [1.165, 1.54) is 10.9 Å². The summed E-state index contributed by atoms with van der Waals surface area (Å²) in [5, 5.41) is 4.95. The van der Waals surface area contributed by atoms with Crippen molar-refractivity contribution in [2.24, 2.45) is 0 Å². The summed E-state index contributed by atoms with van der Waals surface area (Å²) < 4.78 is 31.5. The molecule has 0 saturated carbocycles. The van der Waals surface area contributed by atoms with Crippen LogP contribution in [-0.2, 0) is 22.7 Å². The van der Waals surface area contributed by atoms with Crippen LogP contribution in [0.1, 0.15) is 15.5 Å². The Morgan fingerprint density at radius 3 is 2.57 bits per heavy atom. The maximum atomic E-state index is 13.2. The van der Waals surface area contributed by atoms with E-state index in [0.717, 1.165) is 22.8 Å². The summed E-state index contributed by atoms with van der Waals surface area (Å²) in [7, 11) is 0. The number of anilines is 1. The van der Waals surface area contributed by atoms with Gasteiger partial charge < -0.3 is 15.1 Å². The maximum Gasteiger partial charge on any atom is 0.243 e. The van der Waals surface area contributed by atoms with Crippen LogP contribution in [0.15, 0.2) is 53.1 Å². The highest BCUT2D eigenvalue weighted by molar-refractivity contribution is 7.11. The predicted molar refractivity (Wildman–Crippen MR) is 110 cm³/mol. The number of hydrogen-bond donors (Lipinski definition) is 2. The van der Waals surface area contributed by atoms with E-state index < -0.39 is 17.5 Å². The SMILES string of the molecule is Cc1ccc(CN(CC(=O)NCC(=O)Nc2ccc(F)c(F)c2)Cc2ccco2)s1. The van der Waals surface area contributed by atoms with Gasteiger partial charge in [-0.25, -0.2) is 8.78 Å². The largest absolute Gasteiger partial charge is 0.468 e. The summed E-state index contributed by atoms with van der Waals surface area (Å²) in [6.45, 7) is 2.80. The minimum Gasteiger partial charge on any atom is -0.468 e. The van der Waals surface area contributed by atoms with Crippen LogP contribution in [0.5, 0.6) is 0 Å². The molecule has 0 fully saturated rings. The van der Waals surface area contributed by atoms with E-state index in [9.17, 15) is 18.4 Å². The summed E-state index contributed by atoms with van der Waals surface area (Å²) in [5.41, 5.74) is 0.112. The molecule has 1 aromatic carbocycles. The lowest BCUT2D eigenvalue weighted by Gasteiger charge is -2.20. The van der Waals surface area contributed by atoms with Crippen LogP contribution in [-0.4, -0.2) is 29.8 Å². The number of amides is 2. The second-order valence-corrected chi connectivity index (χ2v) is 8.06. The highest BCUT2D eigenvalue weighted by Gasteiger charge is 2.15. The molecule has 3 aromatic rings. The van der Waals surface area contributed by atoms with Crippen LogP contribution in [0.3, 0.4) is 0 Å². The van der Waals surface area contributed by atoms with E-state index in [0.29, 0.717) is 13.1 Å². The molecular weight excluding hydrogens is 412 g/mol. The Balaban J connectivity index is 1.52. The van der Waals surface area contributed by atoms with Gasteiger partial charge in [-0.2, -0.15) is 0 Å². The molecule has 0 unspecified atom stereocenters. The molecule has 0 radical (unpaired) electrons. The molecule has 0 atom stereocenters. The van der Waals surface area contributed by atoms with E-state index in [1.54, 1.807) is 23.7 Å². The molecule has 6 nitrogen and oxygen atoms in total. The van der Waals surface area contributed by atoms with Crippen molar-refractivity contribution in [1.29, 1.82) is 0 Å². The summed E-state index contributed by atoms with van der Waals surface area (Å²) >= 11 is 1.65. The number of nitrogens with zero attached hydrogens (tertiary/aromatic N) is 1. The molecule has 0 aliphatic heterocycles. The van der Waals surface area contributed by atoms with Gasteiger partial charge in [0.15, 0.2) is 11.6 Å². The van der Waals surface area contributed by atoms with Crippen molar-refractivity contribution in [3.05, 3.63) is 75.9 Å². The van der Waals surface area contributed by atoms with Gasteiger partial charge in [0.25, 0.3) is 0 Å². The van der Waals surface area contributed by atoms with Gasteiger partial charge >= 0.3 is 0 Å². The molecule has 0 saturated heterocycles. The average molecular weight is 433 g/mol. The van der Waals surface area contributed by atoms with Gasteiger partial charge in [0.05, 0.1) is 25.9 Å². The zero-order valence-electron chi connectivity index (χ0n) is 16.3. The number of carbonyl (C=O) groups is 2. The number of benzene rings is 1. The highest BCUT2D eigenvalue weighted by atomic mass is 32.1. The van der Waals surface area contributed by atoms with Crippen LogP contribution in [0, 0.1) is 18.6 Å². The first-order valence-corrected chi connectivity index (χ1v) is 10.0. The first kappa shape index (κ1) is 21.7. The van der Waals surface area contributed by atoms with Crippen LogP contribution >= 0.6 is 11.3 Å². The third-order valence-corrected chi connectivity index (χ3v) is 5.14. The molecule has 0 aliphatic carbocycles. The van der Waals surface area contributed by atoms with Crippen molar-refractivity contribution in [2.45, 2.75) is 20.0 Å². The van der Waals surface area contributed by atoms with E-state index in [-0.39, 0.29) is 24.7 Å². The number of aryl methyl sites for hydroxylation is 1. The number of nitrogens with one attached hydrogen (secondary N) is 2. The summed E-state index contributed by atoms with van der Waals surface area (Å²) in [4.78, 5) is 28.5. The zero-order valence-corrected chi connectivity index (χ0v) is 17.1. The number of halogens is 2. The number of rotatable bonds is 9. The lowest BCUT2D eigenvalue weighted by molar-refractivity contribution is -0.125. The molecule has 2 N–H and O–H groups in total. The van der Waals surface area contributed by atoms with Crippen LogP contribution in [0.25, 0.3) is 0 Å². The van der Waals surface area contributed by atoms with E-state index in [1.807, 2.05) is 30.0 Å². The first-order chi connectivity index (χ1) is 14.4. The molecule has 3 rings (SSSR count). The average Bonchev–Trinajstić information content (AvgIpc) is 3.35. The Labute approximate surface area is 176 Å². The molecule has 2 heterocycles. The van der Waals surface area contributed by atoms with Crippen molar-refractivity contribution in [2.75, 3.05) is 18.4 Å². The van der Waals surface area contributed by atoms with Crippen molar-refractivity contribution < 1.29 is 22.8 Å². The molecule has 0 bridgehead atoms. The fraction of sp³-hybridized carbons (Fsp3) is 0.238. The fourth-order valence-corrected chi connectivity index (χ4v) is 3.73. The Kier molecular flexibility index (Phi) is 7.31. The lowest BCUT2D eigenvalue weighted by Crippen LogP contribution is -2.40. The van der Waals surface area contributed by atoms with Crippen molar-refractivity contribution in [1.82, 2.24) is 10.2 Å². The molecule has 0 aliphatic rings. The molecule has 9 heteroatoms. The van der Waals surface area contributed by atoms with Gasteiger partial charge in [0.2, 0.25) is 11.8 Å². The maximum absolute atomic E-state index is 13.2. The van der Waals surface area contributed by atoms with Gasteiger partial charge in [0.1, 0.15) is 5.76 Å². The first-order valence-electron chi connectivity index (χ1n) is 9.20. The lowest BCUT2D eigenvalue weighted by atomic mass is 10.3. The third-order valence-electron chi connectivity index (χ3n) is 4.15. The van der Waals surface area contributed by atoms with Crippen LogP contribution in [0.2, 0.25) is 0 Å². The minimum atomic E-state index is -1.06. The van der Waals surface area contributed by atoms with Gasteiger partial charge in [0, 0.05) is 28.1 Å². The quantitative estimate of drug-likeness (QED) is 0.540. The predicted octanol–water partition coefficient (Wildman–Crippen LogP) is 3.68. The van der Waals surface area contributed by atoms with Gasteiger partial charge in [-0.3, -0.25) is 14.5 Å². The molecule has 0 spiro atoms. The number of furan rings is 1. The third kappa shape index (κ3) is 6.50. The van der Waals surface area contributed by atoms with Gasteiger partial charge in [-0.15, -0.1) is 11.3 Å². The van der Waals surface area contributed by atoms with Gasteiger partial charge in [-0.05, 0) is 43.3 Å². The van der Waals surface area contributed by atoms with Crippen molar-refractivity contribution >= 4 is 28.8 Å². The fourth-order valence-electron chi connectivity index (χ4n) is 2.80. The van der Waals surface area contributed by atoms with Gasteiger partial charge in [-0.1, -0.05) is 0 Å². The molecule has 2 amide bonds. The Bertz CT molecular complexity index is 1000. The standard InChI is InChI=1S/C21H21F2N3O3S/c1-14-4-6-17(30-14)12-26(11-16-3-2-8-29-16)13-21(28)24-10-20(27)25-15-5-7-18(22)19(23)9-15/h2-9H,10-13H2,1H3,(H,24,28)(H,25,27). The molecule has 30 heavy (non-hydrogen) atoms. The summed E-state index contributed by atoms with van der Waals surface area (Å²) in [5.74, 6) is -2.21. The number of carbonyl (C=O) groups excluding carboxylic acids is 2. The number of hydrogen-bond acceptors (Lipinski definition) is 5. The van der Waals surface area contributed by atoms with E-state index in [4.69, 9.17) is 4.42 Å². The highest BCUT2D eigenvalue weighted by Crippen LogP contribution is 2.18. The smallest absolute Gasteiger partial charge is 0.243 e. The second-order valence-electron chi connectivity index (χ2n) is 6.69. The molecule has 2 aromatic heterocycles. The molecule has 158 valence electrons.